The van der Waals surface area contributed by atoms with Gasteiger partial charge in [-0.1, -0.05) is 30.3 Å². The van der Waals surface area contributed by atoms with Crippen molar-refractivity contribution in [3.8, 4) is 0 Å². The van der Waals surface area contributed by atoms with Gasteiger partial charge in [-0.25, -0.2) is 4.79 Å². The van der Waals surface area contributed by atoms with E-state index in [0.29, 0.717) is 13.1 Å². The van der Waals surface area contributed by atoms with Crippen molar-refractivity contribution in [3.63, 3.8) is 0 Å². The van der Waals surface area contributed by atoms with Gasteiger partial charge >= 0.3 is 6.09 Å². The predicted octanol–water partition coefficient (Wildman–Crippen LogP) is 4.13. The van der Waals surface area contributed by atoms with Crippen molar-refractivity contribution in [2.45, 2.75) is 65.1 Å². The van der Waals surface area contributed by atoms with Gasteiger partial charge in [0.2, 0.25) is 5.91 Å². The number of aryl methyl sites for hydroxylation is 1. The Kier molecular flexibility index (Phi) is 7.31. The summed E-state index contributed by atoms with van der Waals surface area (Å²) in [6.07, 6.45) is 5.54. The number of amides is 2. The number of carbonyl (C=O) groups is 2. The molecule has 6 nitrogen and oxygen atoms in total. The molecule has 2 atom stereocenters. The number of benzene rings is 1. The van der Waals surface area contributed by atoms with Crippen molar-refractivity contribution in [2.24, 2.45) is 5.92 Å². The van der Waals surface area contributed by atoms with E-state index in [-0.39, 0.29) is 17.9 Å². The third kappa shape index (κ3) is 6.81. The lowest BCUT2D eigenvalue weighted by Crippen LogP contribution is -2.47. The van der Waals surface area contributed by atoms with E-state index >= 15 is 0 Å². The average molecular weight is 424 g/mol. The third-order valence-corrected chi connectivity index (χ3v) is 5.36. The molecule has 0 bridgehead atoms. The number of hydrogen-bond acceptors (Lipinski definition) is 4. The first-order valence-electron chi connectivity index (χ1n) is 11.0. The zero-order valence-electron chi connectivity index (χ0n) is 18.9. The van der Waals surface area contributed by atoms with Gasteiger partial charge in [0.05, 0.1) is 0 Å². The minimum atomic E-state index is -0.565. The molecule has 0 spiro atoms. The van der Waals surface area contributed by atoms with Crippen LogP contribution in [0, 0.1) is 5.92 Å². The number of ether oxygens (including phenoxy) is 1. The third-order valence-electron chi connectivity index (χ3n) is 5.36. The maximum atomic E-state index is 13.5. The zero-order chi connectivity index (χ0) is 22.4. The smallest absolute Gasteiger partial charge is 0.407 e. The lowest BCUT2D eigenvalue weighted by molar-refractivity contribution is -0.137. The molecule has 0 radical (unpaired) electrons. The molecule has 0 saturated heterocycles. The van der Waals surface area contributed by atoms with E-state index in [2.05, 4.69) is 28.5 Å². The summed E-state index contributed by atoms with van der Waals surface area (Å²) in [6, 6.07) is 12.0. The van der Waals surface area contributed by atoms with E-state index in [1.54, 1.807) is 12.4 Å². The van der Waals surface area contributed by atoms with Crippen LogP contribution < -0.4 is 5.32 Å². The second kappa shape index (κ2) is 9.94. The Morgan fingerprint density at radius 2 is 1.94 bits per heavy atom. The normalized spacial score (nSPS) is 16.7. The van der Waals surface area contributed by atoms with Crippen LogP contribution in [0.5, 0.6) is 0 Å². The van der Waals surface area contributed by atoms with E-state index in [1.165, 1.54) is 11.1 Å². The summed E-state index contributed by atoms with van der Waals surface area (Å²) < 4.78 is 5.36. The summed E-state index contributed by atoms with van der Waals surface area (Å²) in [5.41, 5.74) is 3.00. The molecular formula is C25H33N3O3. The Bertz CT molecular complexity index is 892. The number of fused-ring (bicyclic) bond motifs is 1. The molecule has 0 fully saturated rings. The van der Waals surface area contributed by atoms with Gasteiger partial charge in [-0.15, -0.1) is 0 Å². The molecule has 1 N–H and O–H groups in total. The van der Waals surface area contributed by atoms with Crippen LogP contribution in [0.3, 0.4) is 0 Å². The van der Waals surface area contributed by atoms with Gasteiger partial charge in [-0.2, -0.15) is 0 Å². The highest BCUT2D eigenvalue weighted by Crippen LogP contribution is 2.27. The second-order valence-corrected chi connectivity index (χ2v) is 9.34. The van der Waals surface area contributed by atoms with Crippen molar-refractivity contribution in [1.82, 2.24) is 15.2 Å². The van der Waals surface area contributed by atoms with Crippen molar-refractivity contribution in [1.29, 1.82) is 0 Å². The number of nitrogens with one attached hydrogen (secondary N) is 1. The van der Waals surface area contributed by atoms with E-state index < -0.39 is 11.7 Å². The van der Waals surface area contributed by atoms with Crippen molar-refractivity contribution >= 4 is 12.0 Å². The summed E-state index contributed by atoms with van der Waals surface area (Å²) in [5.74, 6) is 0.0662. The van der Waals surface area contributed by atoms with Gasteiger partial charge in [0.25, 0.3) is 0 Å². The standard InChI is InChI=1S/C25H33N3O3/c1-18(27-24(30)31-25(2,3)4)16-28(17-19-8-7-13-26-15-19)23(29)22-12-11-20-9-5-6-10-21(20)14-22/h5-10,13,15,18,22H,11-12,14,16-17H2,1-4H3,(H,27,30)/t18-,22-/m1/s1. The maximum Gasteiger partial charge on any atom is 0.407 e. The van der Waals surface area contributed by atoms with Crippen LogP contribution in [0.15, 0.2) is 48.8 Å². The topological polar surface area (TPSA) is 71.5 Å². The average Bonchev–Trinajstić information content (AvgIpc) is 2.71. The predicted molar refractivity (Wildman–Crippen MR) is 120 cm³/mol. The van der Waals surface area contributed by atoms with Gasteiger partial charge in [0.15, 0.2) is 0 Å². The lowest BCUT2D eigenvalue weighted by Gasteiger charge is -2.32. The summed E-state index contributed by atoms with van der Waals surface area (Å²) in [4.78, 5) is 31.7. The number of rotatable bonds is 6. The molecule has 1 aliphatic carbocycles. The summed E-state index contributed by atoms with van der Waals surface area (Å²) >= 11 is 0. The molecule has 1 aromatic carbocycles. The molecule has 3 rings (SSSR count). The Labute approximate surface area is 185 Å². The van der Waals surface area contributed by atoms with Crippen LogP contribution >= 0.6 is 0 Å². The summed E-state index contributed by atoms with van der Waals surface area (Å²) in [7, 11) is 0. The molecule has 1 aromatic heterocycles. The molecule has 31 heavy (non-hydrogen) atoms. The van der Waals surface area contributed by atoms with Gasteiger partial charge in [-0.05, 0) is 69.7 Å². The zero-order valence-corrected chi connectivity index (χ0v) is 18.9. The number of nitrogens with zero attached hydrogens (tertiary/aromatic N) is 2. The molecular weight excluding hydrogens is 390 g/mol. The lowest BCUT2D eigenvalue weighted by atomic mass is 9.83. The molecule has 2 aromatic rings. The fourth-order valence-electron chi connectivity index (χ4n) is 4.00. The SMILES string of the molecule is C[C@H](CN(Cc1cccnc1)C(=O)[C@@H]1CCc2ccccc2C1)NC(=O)OC(C)(C)C. The number of pyridine rings is 1. The minimum Gasteiger partial charge on any atom is -0.444 e. The number of alkyl carbamates (subject to hydrolysis) is 1. The van der Waals surface area contributed by atoms with E-state index in [9.17, 15) is 9.59 Å². The van der Waals surface area contributed by atoms with Crippen LogP contribution in [-0.4, -0.2) is 40.1 Å². The highest BCUT2D eigenvalue weighted by atomic mass is 16.6. The first-order valence-corrected chi connectivity index (χ1v) is 11.0. The highest BCUT2D eigenvalue weighted by Gasteiger charge is 2.29. The number of carbonyl (C=O) groups excluding carboxylic acids is 2. The molecule has 166 valence electrons. The Hall–Kier alpha value is -2.89. The highest BCUT2D eigenvalue weighted by molar-refractivity contribution is 5.79. The minimum absolute atomic E-state index is 0.0553. The fraction of sp³-hybridized carbons (Fsp3) is 0.480. The van der Waals surface area contributed by atoms with Crippen LogP contribution in [-0.2, 0) is 28.9 Å². The maximum absolute atomic E-state index is 13.5. The monoisotopic (exact) mass is 423 g/mol. The van der Waals surface area contributed by atoms with Crippen LogP contribution in [0.4, 0.5) is 4.79 Å². The van der Waals surface area contributed by atoms with Crippen LogP contribution in [0.2, 0.25) is 0 Å². The van der Waals surface area contributed by atoms with E-state index in [4.69, 9.17) is 4.74 Å². The second-order valence-electron chi connectivity index (χ2n) is 9.34. The first-order chi connectivity index (χ1) is 14.7. The molecule has 1 heterocycles. The molecule has 2 amide bonds. The summed E-state index contributed by atoms with van der Waals surface area (Å²) in [5, 5.41) is 2.86. The van der Waals surface area contributed by atoms with Crippen molar-refractivity contribution in [2.75, 3.05) is 6.54 Å². The molecule has 0 saturated carbocycles. The van der Waals surface area contributed by atoms with Crippen molar-refractivity contribution < 1.29 is 14.3 Å². The van der Waals surface area contributed by atoms with E-state index in [1.807, 2.05) is 50.8 Å². The van der Waals surface area contributed by atoms with E-state index in [0.717, 1.165) is 24.8 Å². The van der Waals surface area contributed by atoms with Gasteiger partial charge in [0, 0.05) is 37.4 Å². The Morgan fingerprint density at radius 1 is 1.19 bits per heavy atom. The van der Waals surface area contributed by atoms with Gasteiger partial charge < -0.3 is 15.0 Å². The number of aromatic nitrogens is 1. The fourth-order valence-corrected chi connectivity index (χ4v) is 4.00. The van der Waals surface area contributed by atoms with Crippen molar-refractivity contribution in [3.05, 3.63) is 65.5 Å². The van der Waals surface area contributed by atoms with Gasteiger partial charge in [0.1, 0.15) is 5.60 Å². The van der Waals surface area contributed by atoms with Crippen LogP contribution in [0.25, 0.3) is 0 Å². The largest absolute Gasteiger partial charge is 0.444 e. The molecule has 0 aliphatic heterocycles. The van der Waals surface area contributed by atoms with Crippen LogP contribution in [0.1, 0.15) is 50.8 Å². The Balaban J connectivity index is 1.70. The van der Waals surface area contributed by atoms with Gasteiger partial charge in [-0.3, -0.25) is 9.78 Å². The first kappa shape index (κ1) is 22.8. The molecule has 0 unspecified atom stereocenters. The molecule has 1 aliphatic rings. The Morgan fingerprint density at radius 3 is 2.61 bits per heavy atom. The number of hydrogen-bond donors (Lipinski definition) is 1. The molecule has 6 heteroatoms. The quantitative estimate of drug-likeness (QED) is 0.758. The summed E-state index contributed by atoms with van der Waals surface area (Å²) in [6.45, 7) is 8.25.